The number of nitrogens with zero attached hydrogens (tertiary/aromatic N) is 3. The number of nitrogens with one attached hydrogen (secondary N) is 2. The third-order valence-corrected chi connectivity index (χ3v) is 3.89. The molecule has 0 spiro atoms. The summed E-state index contributed by atoms with van der Waals surface area (Å²) in [6.07, 6.45) is 0. The lowest BCUT2D eigenvalue weighted by atomic mass is 10.2. The molecule has 8 nitrogen and oxygen atoms in total. The normalized spacial score (nSPS) is 10.7. The quantitative estimate of drug-likeness (QED) is 0.705. The molecule has 2 amide bonds. The summed E-state index contributed by atoms with van der Waals surface area (Å²) in [6.45, 7) is 3.70. The van der Waals surface area contributed by atoms with Crippen LogP contribution in [0.15, 0.2) is 22.7 Å². The molecule has 118 valence electrons. The second kappa shape index (κ2) is 6.13. The summed E-state index contributed by atoms with van der Waals surface area (Å²) in [5, 5.41) is 8.88. The molecule has 2 heterocycles. The number of anilines is 1. The molecule has 0 atom stereocenters. The first-order valence-electron chi connectivity index (χ1n) is 6.78. The minimum absolute atomic E-state index is 0.176. The van der Waals surface area contributed by atoms with Gasteiger partial charge in [0.1, 0.15) is 16.8 Å². The van der Waals surface area contributed by atoms with Crippen LogP contribution in [0.2, 0.25) is 0 Å². The zero-order valence-corrected chi connectivity index (χ0v) is 13.2. The van der Waals surface area contributed by atoms with Crippen molar-refractivity contribution < 1.29 is 14.1 Å². The smallest absolute Gasteiger partial charge is 0.313 e. The maximum atomic E-state index is 12.0. The molecule has 0 aliphatic rings. The van der Waals surface area contributed by atoms with E-state index < -0.39 is 11.8 Å². The van der Waals surface area contributed by atoms with Crippen LogP contribution in [-0.2, 0) is 16.1 Å². The van der Waals surface area contributed by atoms with E-state index in [9.17, 15) is 9.59 Å². The lowest BCUT2D eigenvalue weighted by Crippen LogP contribution is -2.35. The summed E-state index contributed by atoms with van der Waals surface area (Å²) in [5.74, 6) is -0.899. The third kappa shape index (κ3) is 3.04. The molecule has 0 radical (unpaired) electrons. The first-order chi connectivity index (χ1) is 11.1. The molecule has 1 aromatic carbocycles. The van der Waals surface area contributed by atoms with Crippen LogP contribution in [0.25, 0.3) is 11.0 Å². The molecule has 0 saturated carbocycles. The Morgan fingerprint density at radius 3 is 2.78 bits per heavy atom. The number of hydrogen-bond acceptors (Lipinski definition) is 7. The maximum Gasteiger partial charge on any atom is 0.313 e. The number of aromatic nitrogens is 3. The minimum Gasteiger partial charge on any atom is -0.361 e. The van der Waals surface area contributed by atoms with E-state index in [2.05, 4.69) is 24.5 Å². The fourth-order valence-corrected chi connectivity index (χ4v) is 2.64. The second-order valence-corrected chi connectivity index (χ2v) is 5.41. The number of aryl methyl sites for hydroxylation is 2. The van der Waals surface area contributed by atoms with Gasteiger partial charge in [-0.05, 0) is 26.0 Å². The number of rotatable bonds is 3. The Bertz CT molecular complexity index is 866. The van der Waals surface area contributed by atoms with Crippen LogP contribution in [0.5, 0.6) is 0 Å². The Hall–Kier alpha value is -2.81. The van der Waals surface area contributed by atoms with Crippen molar-refractivity contribution in [2.75, 3.05) is 5.32 Å². The van der Waals surface area contributed by atoms with Gasteiger partial charge in [0.25, 0.3) is 0 Å². The second-order valence-electron chi connectivity index (χ2n) is 4.88. The third-order valence-electron chi connectivity index (χ3n) is 3.35. The van der Waals surface area contributed by atoms with Gasteiger partial charge >= 0.3 is 11.8 Å². The van der Waals surface area contributed by atoms with Crippen LogP contribution in [-0.4, -0.2) is 25.7 Å². The lowest BCUT2D eigenvalue weighted by Gasteiger charge is -2.06. The molecule has 9 heteroatoms. The Labute approximate surface area is 135 Å². The van der Waals surface area contributed by atoms with Crippen LogP contribution in [0, 0.1) is 13.8 Å². The predicted octanol–water partition coefficient (Wildman–Crippen LogP) is 1.55. The van der Waals surface area contributed by atoms with E-state index in [1.54, 1.807) is 32.0 Å². The maximum absolute atomic E-state index is 12.0. The molecule has 0 aliphatic heterocycles. The van der Waals surface area contributed by atoms with Crippen molar-refractivity contribution in [1.82, 2.24) is 19.2 Å². The van der Waals surface area contributed by atoms with Crippen molar-refractivity contribution in [3.05, 3.63) is 35.2 Å². The van der Waals surface area contributed by atoms with E-state index in [1.807, 2.05) is 0 Å². The van der Waals surface area contributed by atoms with Crippen LogP contribution >= 0.6 is 11.7 Å². The van der Waals surface area contributed by atoms with Gasteiger partial charge in [0.15, 0.2) is 0 Å². The zero-order chi connectivity index (χ0) is 16.4. The first-order valence-corrected chi connectivity index (χ1v) is 7.51. The van der Waals surface area contributed by atoms with E-state index in [-0.39, 0.29) is 6.54 Å². The molecule has 0 bridgehead atoms. The van der Waals surface area contributed by atoms with Gasteiger partial charge < -0.3 is 15.2 Å². The van der Waals surface area contributed by atoms with Crippen LogP contribution in [0.1, 0.15) is 17.0 Å². The summed E-state index contributed by atoms with van der Waals surface area (Å²) in [5.41, 5.74) is 3.13. The molecule has 0 aliphatic carbocycles. The predicted molar refractivity (Wildman–Crippen MR) is 83.9 cm³/mol. The Morgan fingerprint density at radius 1 is 1.22 bits per heavy atom. The van der Waals surface area contributed by atoms with Crippen LogP contribution < -0.4 is 10.6 Å². The van der Waals surface area contributed by atoms with E-state index in [4.69, 9.17) is 4.52 Å². The Kier molecular flexibility index (Phi) is 4.02. The van der Waals surface area contributed by atoms with E-state index in [0.717, 1.165) is 17.3 Å². The number of fused-ring (bicyclic) bond motifs is 1. The van der Waals surface area contributed by atoms with Crippen molar-refractivity contribution in [1.29, 1.82) is 0 Å². The molecule has 0 saturated heterocycles. The van der Waals surface area contributed by atoms with E-state index in [1.165, 1.54) is 0 Å². The van der Waals surface area contributed by atoms with Crippen LogP contribution in [0.4, 0.5) is 5.69 Å². The highest BCUT2D eigenvalue weighted by Gasteiger charge is 2.17. The zero-order valence-electron chi connectivity index (χ0n) is 12.4. The Balaban J connectivity index is 1.66. The van der Waals surface area contributed by atoms with E-state index in [0.29, 0.717) is 28.2 Å². The van der Waals surface area contributed by atoms with Gasteiger partial charge in [0, 0.05) is 12.1 Å². The van der Waals surface area contributed by atoms with Gasteiger partial charge in [-0.15, -0.1) is 0 Å². The molecule has 0 unspecified atom stereocenters. The highest BCUT2D eigenvalue weighted by molar-refractivity contribution is 7.00. The summed E-state index contributed by atoms with van der Waals surface area (Å²) in [6, 6.07) is 5.19. The number of carbonyl (C=O) groups excluding carboxylic acids is 2. The standard InChI is InChI=1S/C14H13N5O3S/c1-7-9(8(2)22-17-7)6-15-13(20)14(21)16-10-4-3-5-11-12(10)19-23-18-11/h3-5H,6H2,1-2H3,(H,15,20)(H,16,21). The molecule has 2 aromatic heterocycles. The molecule has 3 rings (SSSR count). The Morgan fingerprint density at radius 2 is 2.04 bits per heavy atom. The summed E-state index contributed by atoms with van der Waals surface area (Å²) in [4.78, 5) is 23.9. The van der Waals surface area contributed by atoms with Gasteiger partial charge in [-0.25, -0.2) is 0 Å². The SMILES string of the molecule is Cc1noc(C)c1CNC(=O)C(=O)Nc1cccc2nsnc12. The molecular formula is C14H13N5O3S. The molecule has 3 aromatic rings. The average molecular weight is 331 g/mol. The summed E-state index contributed by atoms with van der Waals surface area (Å²) < 4.78 is 13.2. The fraction of sp³-hybridized carbons (Fsp3) is 0.214. The van der Waals surface area contributed by atoms with Crippen molar-refractivity contribution in [3.8, 4) is 0 Å². The molecule has 0 fully saturated rings. The van der Waals surface area contributed by atoms with Gasteiger partial charge in [-0.1, -0.05) is 11.2 Å². The van der Waals surface area contributed by atoms with E-state index >= 15 is 0 Å². The number of amides is 2. The lowest BCUT2D eigenvalue weighted by molar-refractivity contribution is -0.136. The summed E-state index contributed by atoms with van der Waals surface area (Å²) in [7, 11) is 0. The number of benzene rings is 1. The van der Waals surface area contributed by atoms with Crippen molar-refractivity contribution in [2.24, 2.45) is 0 Å². The monoisotopic (exact) mass is 331 g/mol. The first kappa shape index (κ1) is 15.1. The van der Waals surface area contributed by atoms with Gasteiger partial charge in [0.05, 0.1) is 23.1 Å². The molecular weight excluding hydrogens is 318 g/mol. The van der Waals surface area contributed by atoms with Gasteiger partial charge in [-0.2, -0.15) is 8.75 Å². The molecule has 2 N–H and O–H groups in total. The van der Waals surface area contributed by atoms with Gasteiger partial charge in [0.2, 0.25) is 0 Å². The summed E-state index contributed by atoms with van der Waals surface area (Å²) >= 11 is 1.05. The van der Waals surface area contributed by atoms with Crippen LogP contribution in [0.3, 0.4) is 0 Å². The highest BCUT2D eigenvalue weighted by Crippen LogP contribution is 2.20. The number of carbonyl (C=O) groups is 2. The number of hydrogen-bond donors (Lipinski definition) is 2. The largest absolute Gasteiger partial charge is 0.361 e. The average Bonchev–Trinajstić information content (AvgIpc) is 3.13. The van der Waals surface area contributed by atoms with Crippen molar-refractivity contribution in [2.45, 2.75) is 20.4 Å². The highest BCUT2D eigenvalue weighted by atomic mass is 32.1. The minimum atomic E-state index is -0.766. The van der Waals surface area contributed by atoms with Gasteiger partial charge in [-0.3, -0.25) is 9.59 Å². The topological polar surface area (TPSA) is 110 Å². The van der Waals surface area contributed by atoms with Crippen molar-refractivity contribution in [3.63, 3.8) is 0 Å². The van der Waals surface area contributed by atoms with Crippen molar-refractivity contribution >= 4 is 40.3 Å². The molecule has 23 heavy (non-hydrogen) atoms. The fourth-order valence-electron chi connectivity index (χ4n) is 2.09.